The van der Waals surface area contributed by atoms with Crippen LogP contribution in [0.15, 0.2) is 77.6 Å². The van der Waals surface area contributed by atoms with Crippen LogP contribution in [0.5, 0.6) is 5.75 Å². The molecule has 0 saturated carbocycles. The molecule has 0 amide bonds. The Morgan fingerprint density at radius 1 is 1.09 bits per heavy atom. The van der Waals surface area contributed by atoms with Gasteiger partial charge in [-0.15, -0.1) is 0 Å². The number of piperidine rings is 1. The summed E-state index contributed by atoms with van der Waals surface area (Å²) in [7, 11) is 1.68. The number of halogens is 2. The molecule has 3 aliphatic heterocycles. The van der Waals surface area contributed by atoms with E-state index in [1.807, 2.05) is 24.4 Å². The van der Waals surface area contributed by atoms with Gasteiger partial charge in [0.2, 0.25) is 0 Å². The van der Waals surface area contributed by atoms with Crippen LogP contribution in [-0.2, 0) is 6.54 Å². The average molecular weight is 477 g/mol. The summed E-state index contributed by atoms with van der Waals surface area (Å²) in [6.07, 6.45) is 10.1. The van der Waals surface area contributed by atoms with E-state index in [-0.39, 0.29) is 6.17 Å². The molecule has 1 saturated heterocycles. The lowest BCUT2D eigenvalue weighted by Gasteiger charge is -2.35. The molecule has 1 fully saturated rings. The number of dihydropyridines is 1. The summed E-state index contributed by atoms with van der Waals surface area (Å²) in [6, 6.07) is 12.3. The zero-order valence-electron chi connectivity index (χ0n) is 19.8. The molecule has 2 N–H and O–H groups in total. The largest absolute Gasteiger partial charge is 0.497 e. The first-order chi connectivity index (χ1) is 17.1. The monoisotopic (exact) mass is 476 g/mol. The normalized spacial score (nSPS) is 20.9. The summed E-state index contributed by atoms with van der Waals surface area (Å²) < 4.78 is 32.4. The first-order valence-corrected chi connectivity index (χ1v) is 12.1. The number of nitrogens with zero attached hydrogens (tertiary/aromatic N) is 2. The summed E-state index contributed by atoms with van der Waals surface area (Å²) in [4.78, 5) is 7.51. The maximum absolute atomic E-state index is 13.6. The summed E-state index contributed by atoms with van der Waals surface area (Å²) in [5, 5.41) is 6.68. The van der Waals surface area contributed by atoms with E-state index < -0.39 is 11.6 Å². The van der Waals surface area contributed by atoms with Crippen LogP contribution in [0.4, 0.5) is 8.78 Å². The van der Waals surface area contributed by atoms with Crippen LogP contribution in [0, 0.1) is 17.6 Å². The number of nitrogens with one attached hydrogen (secondary N) is 2. The molecule has 0 radical (unpaired) electrons. The molecule has 1 unspecified atom stereocenters. The second kappa shape index (κ2) is 10.4. The molecule has 3 aliphatic rings. The van der Waals surface area contributed by atoms with Crippen molar-refractivity contribution in [1.29, 1.82) is 0 Å². The molecule has 2 aromatic rings. The van der Waals surface area contributed by atoms with Gasteiger partial charge in [0.05, 0.1) is 12.8 Å². The highest BCUT2D eigenvalue weighted by Crippen LogP contribution is 2.32. The summed E-state index contributed by atoms with van der Waals surface area (Å²) in [5.41, 5.74) is 5.23. The second-order valence-corrected chi connectivity index (χ2v) is 9.12. The number of rotatable bonds is 6. The van der Waals surface area contributed by atoms with E-state index in [1.54, 1.807) is 13.2 Å². The van der Waals surface area contributed by atoms with E-state index in [0.717, 1.165) is 66.2 Å². The number of hydrogen-bond acceptors (Lipinski definition) is 5. The van der Waals surface area contributed by atoms with Gasteiger partial charge in [0.1, 0.15) is 11.9 Å². The van der Waals surface area contributed by atoms with E-state index in [1.165, 1.54) is 12.1 Å². The Bertz CT molecular complexity index is 1200. The second-order valence-electron chi connectivity index (χ2n) is 9.12. The van der Waals surface area contributed by atoms with Crippen molar-refractivity contribution in [1.82, 2.24) is 15.5 Å². The third-order valence-corrected chi connectivity index (χ3v) is 6.84. The Morgan fingerprint density at radius 3 is 2.69 bits per heavy atom. The Kier molecular flexibility index (Phi) is 6.95. The van der Waals surface area contributed by atoms with Crippen LogP contribution in [0.2, 0.25) is 0 Å². The van der Waals surface area contributed by atoms with Gasteiger partial charge in [-0.25, -0.2) is 8.78 Å². The van der Waals surface area contributed by atoms with Crippen molar-refractivity contribution in [3.8, 4) is 5.75 Å². The minimum Gasteiger partial charge on any atom is -0.497 e. The molecule has 0 aliphatic carbocycles. The fourth-order valence-corrected chi connectivity index (χ4v) is 4.93. The van der Waals surface area contributed by atoms with Gasteiger partial charge in [0.15, 0.2) is 11.6 Å². The Balaban J connectivity index is 1.35. The zero-order valence-corrected chi connectivity index (χ0v) is 19.8. The molecule has 35 heavy (non-hydrogen) atoms. The maximum Gasteiger partial charge on any atom is 0.159 e. The van der Waals surface area contributed by atoms with Crippen LogP contribution in [0.25, 0.3) is 5.57 Å². The number of allylic oxidation sites excluding steroid dienone is 1. The Hall–Kier alpha value is -3.45. The average Bonchev–Trinajstić information content (AvgIpc) is 2.91. The number of methoxy groups -OCH3 is 1. The third-order valence-electron chi connectivity index (χ3n) is 6.84. The molecule has 7 heteroatoms. The summed E-state index contributed by atoms with van der Waals surface area (Å²) in [6.45, 7) is 3.16. The lowest BCUT2D eigenvalue weighted by atomic mass is 9.84. The van der Waals surface area contributed by atoms with Crippen molar-refractivity contribution in [2.24, 2.45) is 10.9 Å². The van der Waals surface area contributed by atoms with Gasteiger partial charge >= 0.3 is 0 Å². The SMILES string of the molecule is COc1cccc(C2=CNC(C3=CCNC=C3)N=C2C2CCN(Cc3ccc(F)c(F)c3)CC2)c1. The van der Waals surface area contributed by atoms with E-state index >= 15 is 0 Å². The maximum atomic E-state index is 13.6. The van der Waals surface area contributed by atoms with Crippen LogP contribution in [0.1, 0.15) is 24.0 Å². The summed E-state index contributed by atoms with van der Waals surface area (Å²) >= 11 is 0. The molecule has 1 atom stereocenters. The first-order valence-electron chi connectivity index (χ1n) is 12.1. The van der Waals surface area contributed by atoms with E-state index in [2.05, 4.69) is 40.0 Å². The standard InChI is InChI=1S/C28H30F2N4O/c1-35-23-4-2-3-22(16-23)24-17-32-28(21-7-11-31-12-8-21)33-27(24)20-9-13-34(14-10-20)18-19-5-6-25(29)26(30)15-19/h2-8,11,15-17,20,28,31-32H,9-10,12-14,18H2,1H3. The fourth-order valence-electron chi connectivity index (χ4n) is 4.93. The van der Waals surface area contributed by atoms with Gasteiger partial charge < -0.3 is 15.4 Å². The van der Waals surface area contributed by atoms with Crippen LogP contribution in [-0.4, -0.2) is 43.5 Å². The number of aliphatic imine (C=N–C) groups is 1. The van der Waals surface area contributed by atoms with Crippen molar-refractivity contribution < 1.29 is 13.5 Å². The highest BCUT2D eigenvalue weighted by atomic mass is 19.2. The van der Waals surface area contributed by atoms with Crippen molar-refractivity contribution in [3.05, 3.63) is 95.4 Å². The first kappa shape index (κ1) is 23.3. The van der Waals surface area contributed by atoms with Gasteiger partial charge in [-0.1, -0.05) is 24.3 Å². The molecule has 0 spiro atoms. The van der Waals surface area contributed by atoms with E-state index in [4.69, 9.17) is 9.73 Å². The third kappa shape index (κ3) is 5.30. The Morgan fingerprint density at radius 2 is 1.94 bits per heavy atom. The van der Waals surface area contributed by atoms with E-state index in [9.17, 15) is 8.78 Å². The lowest BCUT2D eigenvalue weighted by molar-refractivity contribution is 0.201. The van der Waals surface area contributed by atoms with Gasteiger partial charge in [-0.05, 0) is 79.2 Å². The van der Waals surface area contributed by atoms with Crippen molar-refractivity contribution in [3.63, 3.8) is 0 Å². The van der Waals surface area contributed by atoms with Gasteiger partial charge in [-0.3, -0.25) is 9.89 Å². The Labute approximate surface area is 204 Å². The molecular formula is C28H30F2N4O. The topological polar surface area (TPSA) is 48.9 Å². The highest BCUT2D eigenvalue weighted by Gasteiger charge is 2.30. The highest BCUT2D eigenvalue weighted by molar-refractivity contribution is 6.25. The number of hydrogen-bond donors (Lipinski definition) is 2. The molecule has 5 rings (SSSR count). The van der Waals surface area contributed by atoms with Gasteiger partial charge in [0, 0.05) is 30.8 Å². The summed E-state index contributed by atoms with van der Waals surface area (Å²) in [5.74, 6) is -0.469. The van der Waals surface area contributed by atoms with Crippen molar-refractivity contribution in [2.75, 3.05) is 26.7 Å². The molecular weight excluding hydrogens is 446 g/mol. The fraction of sp³-hybridized carbons (Fsp3) is 0.321. The molecule has 0 aromatic heterocycles. The molecule has 2 aromatic carbocycles. The van der Waals surface area contributed by atoms with Crippen molar-refractivity contribution >= 4 is 11.3 Å². The van der Waals surface area contributed by atoms with Crippen molar-refractivity contribution in [2.45, 2.75) is 25.6 Å². The number of ether oxygens (including phenoxy) is 1. The predicted octanol–water partition coefficient (Wildman–Crippen LogP) is 4.64. The molecule has 3 heterocycles. The quantitative estimate of drug-likeness (QED) is 0.638. The minimum atomic E-state index is -0.804. The molecule has 0 bridgehead atoms. The smallest absolute Gasteiger partial charge is 0.159 e. The van der Waals surface area contributed by atoms with Crippen LogP contribution < -0.4 is 15.4 Å². The van der Waals surface area contributed by atoms with Gasteiger partial charge in [-0.2, -0.15) is 0 Å². The predicted molar refractivity (Wildman–Crippen MR) is 135 cm³/mol. The minimum absolute atomic E-state index is 0.113. The zero-order chi connectivity index (χ0) is 24.2. The van der Waals surface area contributed by atoms with E-state index in [0.29, 0.717) is 12.5 Å². The number of likely N-dealkylation sites (tertiary alicyclic amines) is 1. The van der Waals surface area contributed by atoms with Crippen LogP contribution in [0.3, 0.4) is 0 Å². The number of benzene rings is 2. The van der Waals surface area contributed by atoms with Gasteiger partial charge in [0.25, 0.3) is 0 Å². The lowest BCUT2D eigenvalue weighted by Crippen LogP contribution is -2.39. The van der Waals surface area contributed by atoms with Crippen LogP contribution >= 0.6 is 0 Å². The molecule has 5 nitrogen and oxygen atoms in total. The molecule has 182 valence electrons.